The molecule has 2 aromatic carbocycles. The molecule has 0 bridgehead atoms. The predicted molar refractivity (Wildman–Crippen MR) is 269 cm³/mol. The third-order valence-corrected chi connectivity index (χ3v) is 13.3. The number of nitrogens with one attached hydrogen (secondary N) is 3. The number of hydrogen-bond donors (Lipinski definition) is 5. The number of carbonyl (C=O) groups excluding carboxylic acids is 5. The van der Waals surface area contributed by atoms with Crippen LogP contribution in [0, 0.1) is 11.8 Å². The summed E-state index contributed by atoms with van der Waals surface area (Å²) < 4.78 is 42.2. The minimum absolute atomic E-state index is 0.00228. The average Bonchev–Trinajstić information content (AvgIpc) is 3.28. The van der Waals surface area contributed by atoms with Crippen LogP contribution in [0.25, 0.3) is 20.9 Å². The van der Waals surface area contributed by atoms with Gasteiger partial charge < -0.3 is 41.1 Å². The fraction of sp³-hybridized carbons (Fsp3) is 0.609. The highest BCUT2D eigenvalue weighted by atomic mass is 28.3. The summed E-state index contributed by atoms with van der Waals surface area (Å²) >= 11 is 0. The number of alkyl halides is 3. The number of ether oxygens (including phenoxy) is 2. The second-order valence-corrected chi connectivity index (χ2v) is 30.0. The number of carboxylic acids is 1. The summed E-state index contributed by atoms with van der Waals surface area (Å²) in [4.78, 5) is 72.2. The van der Waals surface area contributed by atoms with E-state index in [4.69, 9.17) is 36.2 Å². The van der Waals surface area contributed by atoms with E-state index in [9.17, 15) is 37.1 Å². The smallest absolute Gasteiger partial charge is 0.475 e. The van der Waals surface area contributed by atoms with Crippen LogP contribution in [-0.4, -0.2) is 121 Å². The lowest BCUT2D eigenvalue weighted by molar-refractivity contribution is -0.192. The number of halogens is 3. The molecule has 3 unspecified atom stereocenters. The zero-order valence-electron chi connectivity index (χ0n) is 42.2. The van der Waals surface area contributed by atoms with Gasteiger partial charge in [-0.15, -0.1) is 0 Å². The molecule has 0 aliphatic rings. The first-order valence-electron chi connectivity index (χ1n) is 22.8. The Bertz CT molecular complexity index is 1950. The van der Waals surface area contributed by atoms with Crippen molar-refractivity contribution in [1.82, 2.24) is 16.0 Å². The van der Waals surface area contributed by atoms with Crippen molar-refractivity contribution in [2.75, 3.05) is 33.9 Å². The fourth-order valence-electron chi connectivity index (χ4n) is 5.69. The van der Waals surface area contributed by atoms with E-state index in [2.05, 4.69) is 75.3 Å². The number of benzene rings is 2. The van der Waals surface area contributed by atoms with Gasteiger partial charge in [-0.3, -0.25) is 19.2 Å². The maximum absolute atomic E-state index is 12.3. The Balaban J connectivity index is 0. The van der Waals surface area contributed by atoms with Crippen molar-refractivity contribution in [2.45, 2.75) is 134 Å². The van der Waals surface area contributed by atoms with Crippen LogP contribution in [0.5, 0.6) is 0 Å². The number of rotatable bonds is 26. The van der Waals surface area contributed by atoms with Crippen LogP contribution >= 0.6 is 0 Å². The molecule has 70 heavy (non-hydrogen) atoms. The summed E-state index contributed by atoms with van der Waals surface area (Å²) in [6.45, 7) is 18.4. The average molecular weight is 1030 g/mol. The minimum Gasteiger partial charge on any atom is -0.475 e. The fourth-order valence-corrected chi connectivity index (χ4v) is 7.11. The largest absolute Gasteiger partial charge is 0.490 e. The Morgan fingerprint density at radius 3 is 1.50 bits per heavy atom. The topological polar surface area (TPSA) is 301 Å². The second-order valence-electron chi connectivity index (χ2n) is 18.8. The minimum atomic E-state index is -5.08. The van der Waals surface area contributed by atoms with E-state index in [-0.39, 0.29) is 29.7 Å². The molecule has 0 radical (unpaired) electrons. The SMILES string of the molecule is CC(CC=O)C[C@H](N=[N+]=[N-])C(=O)OCC[Si](C)(C)C.CNC(=O)C(N)Cc1ccccc1.CNC(=O)[C@H](Cc1ccccc1)NCCC(C)C[C@H](N=[N+]=[N-])C(=O)OCC[Si](C)(C)C.O=C(O)C(F)(F)F. The zero-order valence-corrected chi connectivity index (χ0v) is 44.2. The van der Waals surface area contributed by atoms with Gasteiger partial charge in [0.25, 0.3) is 0 Å². The molecule has 0 saturated heterocycles. The molecule has 0 fully saturated rings. The van der Waals surface area contributed by atoms with Gasteiger partial charge in [0.05, 0.1) is 25.3 Å². The molecule has 6 atom stereocenters. The molecule has 392 valence electrons. The van der Waals surface area contributed by atoms with Gasteiger partial charge in [0.1, 0.15) is 18.4 Å². The summed E-state index contributed by atoms with van der Waals surface area (Å²) in [6.07, 6.45) is -1.26. The van der Waals surface area contributed by atoms with Crippen molar-refractivity contribution in [2.24, 2.45) is 27.8 Å². The predicted octanol–water partition coefficient (Wildman–Crippen LogP) is 8.01. The Hall–Kier alpha value is -5.78. The van der Waals surface area contributed by atoms with Crippen molar-refractivity contribution in [3.63, 3.8) is 0 Å². The first kappa shape index (κ1) is 66.3. The normalized spacial score (nSPS) is 13.5. The van der Waals surface area contributed by atoms with Gasteiger partial charge in [0.2, 0.25) is 11.8 Å². The second kappa shape index (κ2) is 36.2. The number of carboxylic acid groups (broad SMARTS) is 1. The molecule has 0 heterocycles. The molecule has 0 spiro atoms. The van der Waals surface area contributed by atoms with E-state index >= 15 is 0 Å². The lowest BCUT2D eigenvalue weighted by Gasteiger charge is -2.21. The van der Waals surface area contributed by atoms with Crippen LogP contribution in [0.15, 0.2) is 70.9 Å². The Kier molecular flexibility index (Phi) is 34.3. The number of nitrogens with zero attached hydrogens (tertiary/aromatic N) is 6. The van der Waals surface area contributed by atoms with E-state index in [0.717, 1.165) is 35.9 Å². The van der Waals surface area contributed by atoms with Crippen LogP contribution in [-0.2, 0) is 51.1 Å². The molecule has 6 N–H and O–H groups in total. The van der Waals surface area contributed by atoms with Crippen molar-refractivity contribution in [3.8, 4) is 0 Å². The van der Waals surface area contributed by atoms with Crippen LogP contribution < -0.4 is 21.7 Å². The third-order valence-electron chi connectivity index (χ3n) is 9.87. The Morgan fingerprint density at radius 2 is 1.14 bits per heavy atom. The van der Waals surface area contributed by atoms with Crippen molar-refractivity contribution in [3.05, 3.63) is 92.7 Å². The number of esters is 2. The van der Waals surface area contributed by atoms with Crippen molar-refractivity contribution < 1.29 is 56.5 Å². The molecule has 2 amide bonds. The molecule has 2 aromatic rings. The van der Waals surface area contributed by atoms with Gasteiger partial charge in [-0.05, 0) is 84.8 Å². The number of nitrogens with two attached hydrogens (primary N) is 1. The van der Waals surface area contributed by atoms with Gasteiger partial charge >= 0.3 is 24.1 Å². The van der Waals surface area contributed by atoms with Crippen molar-refractivity contribution in [1.29, 1.82) is 0 Å². The molecule has 19 nitrogen and oxygen atoms in total. The van der Waals surface area contributed by atoms with Gasteiger partial charge in [-0.25, -0.2) is 4.79 Å². The van der Waals surface area contributed by atoms with Crippen LogP contribution in [0.3, 0.4) is 0 Å². The summed E-state index contributed by atoms with van der Waals surface area (Å²) in [5.74, 6) is -3.77. The van der Waals surface area contributed by atoms with E-state index in [1.807, 2.05) is 74.5 Å². The number of aldehydes is 1. The highest BCUT2D eigenvalue weighted by molar-refractivity contribution is 6.76. The quantitative estimate of drug-likeness (QED) is 0.0150. The monoisotopic (exact) mass is 1020 g/mol. The molecule has 0 saturated carbocycles. The van der Waals surface area contributed by atoms with Crippen molar-refractivity contribution >= 4 is 52.2 Å². The summed E-state index contributed by atoms with van der Waals surface area (Å²) in [6, 6.07) is 18.9. The van der Waals surface area contributed by atoms with Crippen LogP contribution in [0.4, 0.5) is 13.2 Å². The lowest BCUT2D eigenvalue weighted by atomic mass is 9.98. The summed E-state index contributed by atoms with van der Waals surface area (Å²) in [5, 5.41) is 22.8. The maximum Gasteiger partial charge on any atom is 0.490 e. The van der Waals surface area contributed by atoms with Gasteiger partial charge in [-0.2, -0.15) is 13.2 Å². The lowest BCUT2D eigenvalue weighted by Crippen LogP contribution is -2.45. The molecule has 0 aromatic heterocycles. The highest BCUT2D eigenvalue weighted by Gasteiger charge is 2.38. The number of hydrogen-bond acceptors (Lipinski definition) is 12. The molecular formula is C46H75F3N10O9Si2. The first-order chi connectivity index (χ1) is 32.6. The summed E-state index contributed by atoms with van der Waals surface area (Å²) in [5.41, 5.74) is 25.1. The molecule has 24 heteroatoms. The summed E-state index contributed by atoms with van der Waals surface area (Å²) in [7, 11) is 0.669. The number of azide groups is 2. The Labute approximate surface area is 411 Å². The van der Waals surface area contributed by atoms with Crippen LogP contribution in [0.2, 0.25) is 51.4 Å². The Morgan fingerprint density at radius 1 is 0.743 bits per heavy atom. The van der Waals surface area contributed by atoms with Gasteiger partial charge in [0.15, 0.2) is 0 Å². The standard InChI is InChI=1S/C22H37N5O3Si.C12H23N3O3Si.C10H14N2O.C2HF3O2/c1-17(15-20(26-27-23)22(29)30-13-14-31(3,4)5)11-12-25-19(21(28)24-2)16-18-9-7-6-8-10-18;1-10(5-6-16)9-11(14-15-13)12(17)18-7-8-19(2,3)4;1-12-10(13)9(11)7-8-5-3-2-4-6-8;3-2(4,5)1(6)7/h6-10,17,19-20,25H,11-16H2,1-5H3,(H,24,28);6,10-11H,5,7-9H2,1-4H3;2-6,9H,7,11H2,1H3,(H,12,13);(H,6,7)/t17?,19-,20-;10?,11-;;/m00../s1. The highest BCUT2D eigenvalue weighted by Crippen LogP contribution is 2.18. The maximum atomic E-state index is 12.3. The van der Waals surface area contributed by atoms with E-state index in [1.165, 1.54) is 0 Å². The van der Waals surface area contributed by atoms with Gasteiger partial charge in [0, 0.05) is 46.5 Å². The van der Waals surface area contributed by atoms with E-state index in [0.29, 0.717) is 51.9 Å². The molecule has 0 aliphatic heterocycles. The number of likely N-dealkylation sites (N-methyl/N-ethyl adjacent to an activating group) is 2. The molecule has 2 rings (SSSR count). The van der Waals surface area contributed by atoms with Gasteiger partial charge in [-0.1, -0.05) is 124 Å². The molecular weight excluding hydrogens is 950 g/mol. The van der Waals surface area contributed by atoms with Crippen LogP contribution in [0.1, 0.15) is 50.7 Å². The van der Waals surface area contributed by atoms with E-state index < -0.39 is 58.4 Å². The van der Waals surface area contributed by atoms with E-state index in [1.54, 1.807) is 14.1 Å². The number of carbonyl (C=O) groups is 6. The third kappa shape index (κ3) is 35.4. The first-order valence-corrected chi connectivity index (χ1v) is 30.2. The number of aliphatic carboxylic acids is 1. The zero-order chi connectivity index (χ0) is 53.9. The molecule has 0 aliphatic carbocycles. The number of amides is 2.